The molecule has 0 bridgehead atoms. The number of hydrogen-bond donors (Lipinski definition) is 0. The number of carbonyl (C=O) groups excluding carboxylic acids is 1. The molecule has 0 N–H and O–H groups in total. The lowest BCUT2D eigenvalue weighted by Gasteiger charge is -2.33. The van der Waals surface area contributed by atoms with Crippen LogP contribution in [0.2, 0.25) is 0 Å². The van der Waals surface area contributed by atoms with E-state index in [1.807, 2.05) is 28.7 Å². The van der Waals surface area contributed by atoms with Crippen LogP contribution in [-0.2, 0) is 11.3 Å². The third kappa shape index (κ3) is 3.68. The van der Waals surface area contributed by atoms with Crippen molar-refractivity contribution in [3.8, 4) is 10.7 Å². The second-order valence-corrected chi connectivity index (χ2v) is 6.89. The van der Waals surface area contributed by atoms with Gasteiger partial charge in [0.1, 0.15) is 0 Å². The molecule has 0 aromatic carbocycles. The number of aromatic nitrogens is 2. The van der Waals surface area contributed by atoms with Crippen LogP contribution in [0.3, 0.4) is 0 Å². The molecule has 0 saturated carbocycles. The minimum atomic E-state index is 0.227. The molecule has 3 heterocycles. The van der Waals surface area contributed by atoms with Gasteiger partial charge in [0.05, 0.1) is 17.2 Å². The SMILES string of the molecule is CSCC(=O)N1CCN(Cc2nc(-c3cccs3)no2)CC1. The van der Waals surface area contributed by atoms with Gasteiger partial charge in [-0.3, -0.25) is 9.69 Å². The first-order valence-electron chi connectivity index (χ1n) is 7.12. The summed E-state index contributed by atoms with van der Waals surface area (Å²) in [6.45, 7) is 3.87. The Bertz CT molecular complexity index is 606. The van der Waals surface area contributed by atoms with Crippen molar-refractivity contribution in [1.29, 1.82) is 0 Å². The number of thiophene rings is 1. The molecule has 1 saturated heterocycles. The van der Waals surface area contributed by atoms with Gasteiger partial charge in [-0.2, -0.15) is 16.7 Å². The summed E-state index contributed by atoms with van der Waals surface area (Å²) in [7, 11) is 0. The van der Waals surface area contributed by atoms with Gasteiger partial charge in [0.2, 0.25) is 17.6 Å². The molecule has 0 spiro atoms. The van der Waals surface area contributed by atoms with E-state index >= 15 is 0 Å². The van der Waals surface area contributed by atoms with Crippen molar-refractivity contribution in [3.05, 3.63) is 23.4 Å². The zero-order valence-electron chi connectivity index (χ0n) is 12.4. The number of hydrogen-bond acceptors (Lipinski definition) is 7. The van der Waals surface area contributed by atoms with E-state index < -0.39 is 0 Å². The molecular weight excluding hydrogens is 320 g/mol. The van der Waals surface area contributed by atoms with Crippen molar-refractivity contribution in [1.82, 2.24) is 19.9 Å². The van der Waals surface area contributed by atoms with Crippen LogP contribution >= 0.6 is 23.1 Å². The van der Waals surface area contributed by atoms with Gasteiger partial charge in [-0.1, -0.05) is 11.2 Å². The molecule has 1 aliphatic heterocycles. The smallest absolute Gasteiger partial charge is 0.241 e. The van der Waals surface area contributed by atoms with Crippen LogP contribution in [-0.4, -0.2) is 64.0 Å². The molecule has 0 aliphatic carbocycles. The number of piperazine rings is 1. The molecule has 22 heavy (non-hydrogen) atoms. The van der Waals surface area contributed by atoms with Crippen LogP contribution in [0.4, 0.5) is 0 Å². The fourth-order valence-corrected chi connectivity index (χ4v) is 3.47. The zero-order valence-corrected chi connectivity index (χ0v) is 14.0. The van der Waals surface area contributed by atoms with Crippen LogP contribution in [0.1, 0.15) is 5.89 Å². The lowest BCUT2D eigenvalue weighted by Crippen LogP contribution is -2.48. The van der Waals surface area contributed by atoms with Crippen LogP contribution < -0.4 is 0 Å². The van der Waals surface area contributed by atoms with E-state index in [9.17, 15) is 4.79 Å². The fourth-order valence-electron chi connectivity index (χ4n) is 2.39. The van der Waals surface area contributed by atoms with E-state index in [1.54, 1.807) is 23.1 Å². The monoisotopic (exact) mass is 338 g/mol. The van der Waals surface area contributed by atoms with Crippen molar-refractivity contribution >= 4 is 29.0 Å². The summed E-state index contributed by atoms with van der Waals surface area (Å²) in [5.74, 6) is 2.07. The highest BCUT2D eigenvalue weighted by molar-refractivity contribution is 7.99. The van der Waals surface area contributed by atoms with Gasteiger partial charge in [-0.25, -0.2) is 0 Å². The van der Waals surface area contributed by atoms with Crippen molar-refractivity contribution in [2.45, 2.75) is 6.54 Å². The number of nitrogens with zero attached hydrogens (tertiary/aromatic N) is 4. The molecule has 8 heteroatoms. The van der Waals surface area contributed by atoms with Gasteiger partial charge < -0.3 is 9.42 Å². The van der Waals surface area contributed by atoms with Crippen LogP contribution in [0.15, 0.2) is 22.0 Å². The first-order valence-corrected chi connectivity index (χ1v) is 9.39. The van der Waals surface area contributed by atoms with Crippen molar-refractivity contribution in [2.75, 3.05) is 38.2 Å². The Morgan fingerprint density at radius 1 is 1.41 bits per heavy atom. The third-order valence-electron chi connectivity index (χ3n) is 3.56. The molecular formula is C14H18N4O2S2. The highest BCUT2D eigenvalue weighted by atomic mass is 32.2. The van der Waals surface area contributed by atoms with Gasteiger partial charge in [0.15, 0.2) is 0 Å². The highest BCUT2D eigenvalue weighted by Crippen LogP contribution is 2.21. The molecule has 0 atom stereocenters. The van der Waals surface area contributed by atoms with E-state index in [-0.39, 0.29) is 5.91 Å². The Morgan fingerprint density at radius 2 is 2.23 bits per heavy atom. The summed E-state index contributed by atoms with van der Waals surface area (Å²) in [4.78, 5) is 21.5. The maximum Gasteiger partial charge on any atom is 0.241 e. The Labute approximate surface area is 137 Å². The number of thioether (sulfide) groups is 1. The molecule has 6 nitrogen and oxygen atoms in total. The van der Waals surface area contributed by atoms with E-state index in [1.165, 1.54) is 0 Å². The first kappa shape index (κ1) is 15.5. The zero-order chi connectivity index (χ0) is 15.4. The third-order valence-corrected chi connectivity index (χ3v) is 4.96. The maximum absolute atomic E-state index is 11.8. The minimum Gasteiger partial charge on any atom is -0.339 e. The summed E-state index contributed by atoms with van der Waals surface area (Å²) in [5.41, 5.74) is 0. The van der Waals surface area contributed by atoms with Gasteiger partial charge in [0.25, 0.3) is 0 Å². The standard InChI is InChI=1S/C14H18N4O2S2/c1-21-10-13(19)18-6-4-17(5-7-18)9-12-15-14(16-20-12)11-3-2-8-22-11/h2-3,8H,4-7,9-10H2,1H3. The number of rotatable bonds is 5. The second kappa shape index (κ2) is 7.26. The van der Waals surface area contributed by atoms with Crippen LogP contribution in [0.5, 0.6) is 0 Å². The summed E-state index contributed by atoms with van der Waals surface area (Å²) in [6.07, 6.45) is 1.95. The fraction of sp³-hybridized carbons (Fsp3) is 0.500. The normalized spacial score (nSPS) is 16.1. The average molecular weight is 338 g/mol. The predicted molar refractivity (Wildman–Crippen MR) is 87.9 cm³/mol. The summed E-state index contributed by atoms with van der Waals surface area (Å²) in [6, 6.07) is 3.95. The summed E-state index contributed by atoms with van der Waals surface area (Å²) in [5, 5.41) is 6.02. The van der Waals surface area contributed by atoms with E-state index in [0.29, 0.717) is 24.0 Å². The molecule has 2 aromatic rings. The Morgan fingerprint density at radius 3 is 2.91 bits per heavy atom. The predicted octanol–water partition coefficient (Wildman–Crippen LogP) is 1.81. The molecule has 1 aliphatic rings. The molecule has 3 rings (SSSR count). The van der Waals surface area contributed by atoms with Crippen LogP contribution in [0, 0.1) is 0 Å². The molecule has 0 radical (unpaired) electrons. The van der Waals surface area contributed by atoms with Crippen molar-refractivity contribution in [2.24, 2.45) is 0 Å². The minimum absolute atomic E-state index is 0.227. The van der Waals surface area contributed by atoms with Gasteiger partial charge in [-0.05, 0) is 17.7 Å². The first-order chi connectivity index (χ1) is 10.8. The Kier molecular flexibility index (Phi) is 5.12. The molecule has 0 unspecified atom stereocenters. The number of carbonyl (C=O) groups is 1. The molecule has 1 amide bonds. The second-order valence-electron chi connectivity index (χ2n) is 5.08. The van der Waals surface area contributed by atoms with Crippen LogP contribution in [0.25, 0.3) is 10.7 Å². The van der Waals surface area contributed by atoms with E-state index in [0.717, 1.165) is 31.1 Å². The molecule has 1 fully saturated rings. The Hall–Kier alpha value is -1.38. The average Bonchev–Trinajstić information content (AvgIpc) is 3.19. The highest BCUT2D eigenvalue weighted by Gasteiger charge is 2.22. The van der Waals surface area contributed by atoms with Gasteiger partial charge >= 0.3 is 0 Å². The van der Waals surface area contributed by atoms with E-state index in [2.05, 4.69) is 15.0 Å². The van der Waals surface area contributed by atoms with Gasteiger partial charge in [-0.15, -0.1) is 11.3 Å². The van der Waals surface area contributed by atoms with Gasteiger partial charge in [0, 0.05) is 26.2 Å². The van der Waals surface area contributed by atoms with E-state index in [4.69, 9.17) is 4.52 Å². The molecule has 2 aromatic heterocycles. The van der Waals surface area contributed by atoms with Crippen molar-refractivity contribution < 1.29 is 9.32 Å². The quantitative estimate of drug-likeness (QED) is 0.828. The topological polar surface area (TPSA) is 62.5 Å². The molecule has 118 valence electrons. The lowest BCUT2D eigenvalue weighted by molar-refractivity contribution is -0.130. The summed E-state index contributed by atoms with van der Waals surface area (Å²) < 4.78 is 5.32. The largest absolute Gasteiger partial charge is 0.339 e. The lowest BCUT2D eigenvalue weighted by atomic mass is 10.3. The summed E-state index contributed by atoms with van der Waals surface area (Å²) >= 11 is 3.17. The van der Waals surface area contributed by atoms with Crippen molar-refractivity contribution in [3.63, 3.8) is 0 Å². The number of amides is 1. The Balaban J connectivity index is 1.52. The maximum atomic E-state index is 11.8.